The van der Waals surface area contributed by atoms with Crippen LogP contribution in [0, 0.1) is 24.0 Å². The molecule has 1 unspecified atom stereocenters. The molecular weight excluding hydrogens is 464 g/mol. The van der Waals surface area contributed by atoms with Crippen molar-refractivity contribution in [3.63, 3.8) is 0 Å². The van der Waals surface area contributed by atoms with Gasteiger partial charge in [-0.25, -0.2) is 9.91 Å². The van der Waals surface area contributed by atoms with E-state index in [2.05, 4.69) is 5.43 Å². The van der Waals surface area contributed by atoms with Crippen LogP contribution < -0.4 is 10.3 Å². The predicted molar refractivity (Wildman–Crippen MR) is 130 cm³/mol. The van der Waals surface area contributed by atoms with Crippen LogP contribution in [0.25, 0.3) is 0 Å². The van der Waals surface area contributed by atoms with Crippen molar-refractivity contribution in [2.45, 2.75) is 26.3 Å². The molecule has 0 saturated carbocycles. The first-order chi connectivity index (χ1) is 17.2. The van der Waals surface area contributed by atoms with E-state index in [1.807, 2.05) is 19.9 Å². The van der Waals surface area contributed by atoms with Gasteiger partial charge < -0.3 is 0 Å². The summed E-state index contributed by atoms with van der Waals surface area (Å²) in [7, 11) is 0. The second-order valence-corrected chi connectivity index (χ2v) is 8.42. The summed E-state index contributed by atoms with van der Waals surface area (Å²) >= 11 is 0. The van der Waals surface area contributed by atoms with Crippen molar-refractivity contribution in [3.8, 4) is 0 Å². The van der Waals surface area contributed by atoms with E-state index in [4.69, 9.17) is 0 Å². The smallest absolute Gasteiger partial charge is 0.273 e. The van der Waals surface area contributed by atoms with Gasteiger partial charge in [-0.2, -0.15) is 0 Å². The number of anilines is 1. The third-order valence-electron chi connectivity index (χ3n) is 5.68. The lowest BCUT2D eigenvalue weighted by Crippen LogP contribution is -2.54. The summed E-state index contributed by atoms with van der Waals surface area (Å²) in [5.74, 6) is -2.74. The number of nitrogens with one attached hydrogen (secondary N) is 1. The van der Waals surface area contributed by atoms with Gasteiger partial charge in [-0.15, -0.1) is 0 Å². The Kier molecular flexibility index (Phi) is 6.60. The van der Waals surface area contributed by atoms with Crippen molar-refractivity contribution < 1.29 is 24.1 Å². The van der Waals surface area contributed by atoms with Gasteiger partial charge in [0, 0.05) is 23.3 Å². The van der Waals surface area contributed by atoms with E-state index >= 15 is 0 Å². The largest absolute Gasteiger partial charge is 0.274 e. The number of hydrogen-bond acceptors (Lipinski definition) is 6. The van der Waals surface area contributed by atoms with Crippen LogP contribution >= 0.6 is 0 Å². The molecule has 10 nitrogen and oxygen atoms in total. The van der Waals surface area contributed by atoms with Gasteiger partial charge in [0.15, 0.2) is 0 Å². The molecule has 0 spiro atoms. The molecule has 1 fully saturated rings. The summed E-state index contributed by atoms with van der Waals surface area (Å²) in [5, 5.41) is 12.0. The standard InChI is InChI=1S/C26H22N4O6/c1-16-11-17(2)13-21(12-16)28-23(31)15-22(26(28)34)29(25(33)18-7-4-3-5-8-18)27-24(32)19-9-6-10-20(14-19)30(35)36/h3-14,22H,15H2,1-2H3,(H,27,32). The second-order valence-electron chi connectivity index (χ2n) is 8.42. The minimum Gasteiger partial charge on any atom is -0.274 e. The molecule has 182 valence electrons. The minimum absolute atomic E-state index is 0.0852. The van der Waals surface area contributed by atoms with Crippen LogP contribution in [0.5, 0.6) is 0 Å². The lowest BCUT2D eigenvalue weighted by atomic mass is 10.1. The number of aryl methyl sites for hydroxylation is 2. The molecule has 1 N–H and O–H groups in total. The molecule has 3 aromatic rings. The second kappa shape index (κ2) is 9.79. The number of carbonyl (C=O) groups excluding carboxylic acids is 4. The molecule has 0 aliphatic carbocycles. The Morgan fingerprint density at radius 3 is 2.22 bits per heavy atom. The van der Waals surface area contributed by atoms with Gasteiger partial charge in [0.25, 0.3) is 23.4 Å². The Bertz CT molecular complexity index is 1370. The van der Waals surface area contributed by atoms with E-state index in [0.717, 1.165) is 27.1 Å². The molecule has 0 aromatic heterocycles. The highest BCUT2D eigenvalue weighted by Gasteiger charge is 2.45. The number of hydrogen-bond donors (Lipinski definition) is 1. The van der Waals surface area contributed by atoms with Crippen LogP contribution in [0.15, 0.2) is 72.8 Å². The molecule has 1 saturated heterocycles. The fourth-order valence-electron chi connectivity index (χ4n) is 4.09. The average Bonchev–Trinajstić information content (AvgIpc) is 3.15. The van der Waals surface area contributed by atoms with Crippen LogP contribution in [0.4, 0.5) is 11.4 Å². The summed E-state index contributed by atoms with van der Waals surface area (Å²) < 4.78 is 0. The van der Waals surface area contributed by atoms with Gasteiger partial charge >= 0.3 is 0 Å². The van der Waals surface area contributed by atoms with Gasteiger partial charge in [0.05, 0.1) is 17.0 Å². The summed E-state index contributed by atoms with van der Waals surface area (Å²) in [5.41, 5.74) is 4.28. The molecule has 4 amide bonds. The monoisotopic (exact) mass is 486 g/mol. The quantitative estimate of drug-likeness (QED) is 0.334. The lowest BCUT2D eigenvalue weighted by Gasteiger charge is -2.28. The molecule has 36 heavy (non-hydrogen) atoms. The van der Waals surface area contributed by atoms with Crippen molar-refractivity contribution in [3.05, 3.63) is 105 Å². The zero-order valence-electron chi connectivity index (χ0n) is 19.5. The number of carbonyl (C=O) groups is 4. The Hall–Kier alpha value is -4.86. The highest BCUT2D eigenvalue weighted by atomic mass is 16.6. The summed E-state index contributed by atoms with van der Waals surface area (Å²) in [4.78, 5) is 64.3. The zero-order chi connectivity index (χ0) is 26.0. The first-order valence-electron chi connectivity index (χ1n) is 11.0. The van der Waals surface area contributed by atoms with Gasteiger partial charge in [-0.1, -0.05) is 30.3 Å². The van der Waals surface area contributed by atoms with Crippen molar-refractivity contribution in [1.29, 1.82) is 0 Å². The number of nitrogens with zero attached hydrogens (tertiary/aromatic N) is 3. The number of amides is 4. The highest BCUT2D eigenvalue weighted by Crippen LogP contribution is 2.28. The topological polar surface area (TPSA) is 130 Å². The van der Waals surface area contributed by atoms with Gasteiger partial charge in [0.2, 0.25) is 5.91 Å². The van der Waals surface area contributed by atoms with Crippen molar-refractivity contribution in [1.82, 2.24) is 10.4 Å². The molecule has 0 bridgehead atoms. The first-order valence-corrected chi connectivity index (χ1v) is 11.0. The molecule has 4 rings (SSSR count). The Balaban J connectivity index is 1.70. The van der Waals surface area contributed by atoms with E-state index in [1.165, 1.54) is 30.3 Å². The lowest BCUT2D eigenvalue weighted by molar-refractivity contribution is -0.384. The molecule has 1 heterocycles. The Morgan fingerprint density at radius 2 is 1.58 bits per heavy atom. The fourth-order valence-corrected chi connectivity index (χ4v) is 4.09. The molecule has 1 aliphatic heterocycles. The molecule has 1 atom stereocenters. The molecule has 3 aromatic carbocycles. The van der Waals surface area contributed by atoms with E-state index in [9.17, 15) is 29.3 Å². The van der Waals surface area contributed by atoms with Crippen LogP contribution in [-0.4, -0.2) is 39.6 Å². The minimum atomic E-state index is -1.31. The van der Waals surface area contributed by atoms with Crippen LogP contribution in [0.1, 0.15) is 38.3 Å². The Labute approximate surface area is 206 Å². The molecule has 10 heteroatoms. The fraction of sp³-hybridized carbons (Fsp3) is 0.154. The maximum atomic E-state index is 13.4. The molecular formula is C26H22N4O6. The zero-order valence-corrected chi connectivity index (χ0v) is 19.5. The van der Waals surface area contributed by atoms with Gasteiger partial charge in [0.1, 0.15) is 6.04 Å². The van der Waals surface area contributed by atoms with Crippen LogP contribution in [-0.2, 0) is 9.59 Å². The van der Waals surface area contributed by atoms with Crippen LogP contribution in [0.2, 0.25) is 0 Å². The van der Waals surface area contributed by atoms with Gasteiger partial charge in [-0.05, 0) is 55.3 Å². The summed E-state index contributed by atoms with van der Waals surface area (Å²) in [6.07, 6.45) is -0.348. The SMILES string of the molecule is Cc1cc(C)cc(N2C(=O)CC(N(NC(=O)c3cccc([N+](=O)[O-])c3)C(=O)c3ccccc3)C2=O)c1. The average molecular weight is 486 g/mol. The van der Waals surface area contributed by atoms with Crippen molar-refractivity contribution in [2.75, 3.05) is 4.90 Å². The number of nitro benzene ring substituents is 1. The maximum Gasteiger partial charge on any atom is 0.273 e. The van der Waals surface area contributed by atoms with Crippen molar-refractivity contribution >= 4 is 35.0 Å². The maximum absolute atomic E-state index is 13.4. The number of benzene rings is 3. The normalized spacial score (nSPS) is 15.1. The van der Waals surface area contributed by atoms with Crippen molar-refractivity contribution in [2.24, 2.45) is 0 Å². The van der Waals surface area contributed by atoms with E-state index in [1.54, 1.807) is 30.3 Å². The van der Waals surface area contributed by atoms with Crippen LogP contribution in [0.3, 0.4) is 0 Å². The third kappa shape index (κ3) is 4.83. The number of nitro groups is 1. The molecule has 0 radical (unpaired) electrons. The highest BCUT2D eigenvalue weighted by molar-refractivity contribution is 6.23. The van der Waals surface area contributed by atoms with E-state index in [0.29, 0.717) is 5.69 Å². The summed E-state index contributed by atoms with van der Waals surface area (Å²) in [6.45, 7) is 3.67. The number of imide groups is 1. The summed E-state index contributed by atoms with van der Waals surface area (Å²) in [6, 6.07) is 16.9. The molecule has 1 aliphatic rings. The predicted octanol–water partition coefficient (Wildman–Crippen LogP) is 3.33. The number of hydrazine groups is 1. The number of rotatable bonds is 5. The third-order valence-corrected chi connectivity index (χ3v) is 5.68. The Morgan fingerprint density at radius 1 is 0.944 bits per heavy atom. The van der Waals surface area contributed by atoms with Gasteiger partial charge in [-0.3, -0.25) is 34.7 Å². The van der Waals surface area contributed by atoms with E-state index in [-0.39, 0.29) is 23.2 Å². The van der Waals surface area contributed by atoms with E-state index < -0.39 is 34.6 Å². The number of non-ortho nitro benzene ring substituents is 1. The first kappa shape index (κ1) is 24.3.